The maximum atomic E-state index is 12.6. The Kier molecular flexibility index (Phi) is 4.86. The molecule has 0 spiro atoms. The summed E-state index contributed by atoms with van der Waals surface area (Å²) < 4.78 is 0. The van der Waals surface area contributed by atoms with E-state index in [1.54, 1.807) is 12.4 Å². The molecule has 0 unspecified atom stereocenters. The lowest BCUT2D eigenvalue weighted by atomic mass is 10.0. The van der Waals surface area contributed by atoms with Crippen LogP contribution in [0.4, 0.5) is 5.69 Å². The standard InChI is InChI=1S/C25H25N3O/c29-25(21-5-3-18(4-6-21)19-11-13-26-14-12-19)28-22-9-7-20(8-10-22)23-15-24(23)27-16-17-1-2-17/h3-14,17,23-24,27H,1-2,15-16H2,(H,28,29)/t23-,24+/m0/s1. The lowest BCUT2D eigenvalue weighted by molar-refractivity contribution is 0.102. The molecule has 2 aliphatic rings. The van der Waals surface area contributed by atoms with E-state index in [0.717, 1.165) is 22.7 Å². The van der Waals surface area contributed by atoms with Crippen molar-refractivity contribution in [2.75, 3.05) is 11.9 Å². The number of hydrogen-bond acceptors (Lipinski definition) is 3. The fourth-order valence-corrected chi connectivity index (χ4v) is 3.80. The normalized spacial score (nSPS) is 20.3. The summed E-state index contributed by atoms with van der Waals surface area (Å²) in [6.45, 7) is 1.18. The van der Waals surface area contributed by atoms with Gasteiger partial charge in [-0.2, -0.15) is 0 Å². The van der Waals surface area contributed by atoms with Crippen molar-refractivity contribution in [3.8, 4) is 11.1 Å². The number of anilines is 1. The van der Waals surface area contributed by atoms with Gasteiger partial charge in [-0.15, -0.1) is 0 Å². The minimum atomic E-state index is -0.0885. The third kappa shape index (κ3) is 4.38. The van der Waals surface area contributed by atoms with Crippen LogP contribution in [0.1, 0.15) is 41.1 Å². The van der Waals surface area contributed by atoms with Crippen molar-refractivity contribution in [1.82, 2.24) is 10.3 Å². The van der Waals surface area contributed by atoms with E-state index in [0.29, 0.717) is 17.5 Å². The molecule has 0 saturated heterocycles. The maximum absolute atomic E-state index is 12.6. The Morgan fingerprint density at radius 1 is 0.897 bits per heavy atom. The number of carbonyl (C=O) groups is 1. The third-order valence-electron chi connectivity index (χ3n) is 5.91. The van der Waals surface area contributed by atoms with Gasteiger partial charge in [-0.05, 0) is 84.8 Å². The first-order chi connectivity index (χ1) is 14.3. The smallest absolute Gasteiger partial charge is 0.255 e. The lowest BCUT2D eigenvalue weighted by Crippen LogP contribution is -2.20. The highest BCUT2D eigenvalue weighted by atomic mass is 16.1. The molecular formula is C25H25N3O. The predicted molar refractivity (Wildman–Crippen MR) is 116 cm³/mol. The van der Waals surface area contributed by atoms with Crippen LogP contribution in [-0.4, -0.2) is 23.5 Å². The van der Waals surface area contributed by atoms with Gasteiger partial charge in [-0.25, -0.2) is 0 Å². The molecule has 146 valence electrons. The SMILES string of the molecule is O=C(Nc1ccc([C@@H]2C[C@H]2NCC2CC2)cc1)c1ccc(-c2ccncc2)cc1. The molecule has 1 aromatic heterocycles. The van der Waals surface area contributed by atoms with Crippen LogP contribution in [0.2, 0.25) is 0 Å². The monoisotopic (exact) mass is 383 g/mol. The number of rotatable bonds is 7. The summed E-state index contributed by atoms with van der Waals surface area (Å²) in [4.78, 5) is 16.6. The number of aromatic nitrogens is 1. The molecule has 2 aliphatic carbocycles. The zero-order chi connectivity index (χ0) is 19.6. The minimum absolute atomic E-state index is 0.0885. The van der Waals surface area contributed by atoms with E-state index in [1.165, 1.54) is 31.4 Å². The fraction of sp³-hybridized carbons (Fsp3) is 0.280. The molecule has 1 amide bonds. The Morgan fingerprint density at radius 2 is 1.59 bits per heavy atom. The van der Waals surface area contributed by atoms with Crippen LogP contribution in [0.25, 0.3) is 11.1 Å². The Bertz CT molecular complexity index is 979. The van der Waals surface area contributed by atoms with Gasteiger partial charge in [0.05, 0.1) is 0 Å². The van der Waals surface area contributed by atoms with Gasteiger partial charge in [0.1, 0.15) is 0 Å². The van der Waals surface area contributed by atoms with E-state index in [2.05, 4.69) is 27.8 Å². The molecule has 0 aliphatic heterocycles. The Balaban J connectivity index is 1.17. The highest BCUT2D eigenvalue weighted by Gasteiger charge is 2.38. The molecule has 4 nitrogen and oxygen atoms in total. The van der Waals surface area contributed by atoms with Gasteiger partial charge in [0.25, 0.3) is 5.91 Å². The van der Waals surface area contributed by atoms with Crippen LogP contribution < -0.4 is 10.6 Å². The maximum Gasteiger partial charge on any atom is 0.255 e. The number of nitrogens with one attached hydrogen (secondary N) is 2. The van der Waals surface area contributed by atoms with Crippen molar-refractivity contribution in [2.45, 2.75) is 31.2 Å². The van der Waals surface area contributed by atoms with Gasteiger partial charge in [-0.3, -0.25) is 9.78 Å². The molecule has 3 aromatic rings. The molecule has 0 bridgehead atoms. The molecular weight excluding hydrogens is 358 g/mol. The van der Waals surface area contributed by atoms with E-state index >= 15 is 0 Å². The van der Waals surface area contributed by atoms with Gasteiger partial charge < -0.3 is 10.6 Å². The van der Waals surface area contributed by atoms with Crippen molar-refractivity contribution < 1.29 is 4.79 Å². The Hall–Kier alpha value is -2.98. The summed E-state index contributed by atoms with van der Waals surface area (Å²) in [7, 11) is 0. The molecule has 1 heterocycles. The molecule has 2 N–H and O–H groups in total. The largest absolute Gasteiger partial charge is 0.322 e. The van der Waals surface area contributed by atoms with E-state index in [-0.39, 0.29) is 5.91 Å². The van der Waals surface area contributed by atoms with Crippen molar-refractivity contribution in [3.63, 3.8) is 0 Å². The van der Waals surface area contributed by atoms with Crippen LogP contribution in [0.5, 0.6) is 0 Å². The van der Waals surface area contributed by atoms with E-state index in [4.69, 9.17) is 0 Å². The molecule has 2 saturated carbocycles. The van der Waals surface area contributed by atoms with Crippen LogP contribution in [0.15, 0.2) is 73.1 Å². The van der Waals surface area contributed by atoms with Gasteiger partial charge in [0, 0.05) is 35.6 Å². The van der Waals surface area contributed by atoms with Crippen LogP contribution in [0, 0.1) is 5.92 Å². The van der Waals surface area contributed by atoms with Gasteiger partial charge >= 0.3 is 0 Å². The highest BCUT2D eigenvalue weighted by Crippen LogP contribution is 2.41. The summed E-state index contributed by atoms with van der Waals surface area (Å²) in [6.07, 6.45) is 7.55. The molecule has 2 atom stereocenters. The van der Waals surface area contributed by atoms with Gasteiger partial charge in [-0.1, -0.05) is 24.3 Å². The van der Waals surface area contributed by atoms with Crippen molar-refractivity contribution in [3.05, 3.63) is 84.2 Å². The van der Waals surface area contributed by atoms with Crippen LogP contribution in [0.3, 0.4) is 0 Å². The number of hydrogen-bond donors (Lipinski definition) is 2. The van der Waals surface area contributed by atoms with E-state index in [9.17, 15) is 4.79 Å². The number of pyridine rings is 1. The Morgan fingerprint density at radius 3 is 2.28 bits per heavy atom. The summed E-state index contributed by atoms with van der Waals surface area (Å²) in [6, 6.07) is 20.5. The highest BCUT2D eigenvalue weighted by molar-refractivity contribution is 6.04. The first-order valence-electron chi connectivity index (χ1n) is 10.4. The minimum Gasteiger partial charge on any atom is -0.322 e. The topological polar surface area (TPSA) is 54.0 Å². The predicted octanol–water partition coefficient (Wildman–Crippen LogP) is 4.86. The number of benzene rings is 2. The summed E-state index contributed by atoms with van der Waals surface area (Å²) in [5.41, 5.74) is 5.01. The molecule has 2 fully saturated rings. The number of amides is 1. The van der Waals surface area contributed by atoms with Crippen molar-refractivity contribution in [2.24, 2.45) is 5.92 Å². The molecule has 29 heavy (non-hydrogen) atoms. The molecule has 0 radical (unpaired) electrons. The number of carbonyl (C=O) groups excluding carboxylic acids is 1. The van der Waals surface area contributed by atoms with E-state index < -0.39 is 0 Å². The zero-order valence-electron chi connectivity index (χ0n) is 16.3. The molecule has 5 rings (SSSR count). The zero-order valence-corrected chi connectivity index (χ0v) is 16.3. The second-order valence-corrected chi connectivity index (χ2v) is 8.19. The average Bonchev–Trinajstić information content (AvgIpc) is 3.69. The molecule has 4 heteroatoms. The Labute approximate surface area is 171 Å². The second-order valence-electron chi connectivity index (χ2n) is 8.19. The van der Waals surface area contributed by atoms with Crippen molar-refractivity contribution in [1.29, 1.82) is 0 Å². The summed E-state index contributed by atoms with van der Waals surface area (Å²) in [5, 5.41) is 6.68. The first-order valence-corrected chi connectivity index (χ1v) is 10.4. The first kappa shape index (κ1) is 18.1. The molecule has 2 aromatic carbocycles. The van der Waals surface area contributed by atoms with Gasteiger partial charge in [0.2, 0.25) is 0 Å². The number of nitrogens with zero attached hydrogens (tertiary/aromatic N) is 1. The summed E-state index contributed by atoms with van der Waals surface area (Å²) in [5.74, 6) is 1.46. The summed E-state index contributed by atoms with van der Waals surface area (Å²) >= 11 is 0. The second kappa shape index (κ2) is 7.80. The van der Waals surface area contributed by atoms with Gasteiger partial charge in [0.15, 0.2) is 0 Å². The fourth-order valence-electron chi connectivity index (χ4n) is 3.80. The third-order valence-corrected chi connectivity index (χ3v) is 5.91. The van der Waals surface area contributed by atoms with Crippen LogP contribution >= 0.6 is 0 Å². The lowest BCUT2D eigenvalue weighted by Gasteiger charge is -2.08. The van der Waals surface area contributed by atoms with E-state index in [1.807, 2.05) is 48.5 Å². The van der Waals surface area contributed by atoms with Crippen LogP contribution in [-0.2, 0) is 0 Å². The quantitative estimate of drug-likeness (QED) is 0.613. The average molecular weight is 383 g/mol. The van der Waals surface area contributed by atoms with Crippen molar-refractivity contribution >= 4 is 11.6 Å².